The number of nitrogens with zero attached hydrogens (tertiary/aromatic N) is 1. The maximum atomic E-state index is 13.5. The molecule has 0 aliphatic heterocycles. The zero-order valence-electron chi connectivity index (χ0n) is 9.77. The predicted molar refractivity (Wildman–Crippen MR) is 62.6 cm³/mol. The predicted octanol–water partition coefficient (Wildman–Crippen LogP) is 2.57. The van der Waals surface area contributed by atoms with Gasteiger partial charge in [0.25, 0.3) is 5.69 Å². The van der Waals surface area contributed by atoms with Crippen molar-refractivity contribution < 1.29 is 14.1 Å². The first-order chi connectivity index (χ1) is 8.08. The van der Waals surface area contributed by atoms with Gasteiger partial charge in [0.15, 0.2) is 5.82 Å². The highest BCUT2D eigenvalue weighted by Crippen LogP contribution is 2.21. The Labute approximate surface area is 98.7 Å². The summed E-state index contributed by atoms with van der Waals surface area (Å²) < 4.78 is 18.5. The van der Waals surface area contributed by atoms with Gasteiger partial charge in [-0.2, -0.15) is 0 Å². The lowest BCUT2D eigenvalue weighted by molar-refractivity contribution is -0.385. The second-order valence-corrected chi connectivity index (χ2v) is 3.63. The molecule has 1 aromatic rings. The summed E-state index contributed by atoms with van der Waals surface area (Å²) in [4.78, 5) is 9.82. The number of benzene rings is 1. The highest BCUT2D eigenvalue weighted by molar-refractivity contribution is 5.50. The highest BCUT2D eigenvalue weighted by Gasteiger charge is 2.13. The average molecular weight is 242 g/mol. The molecule has 0 radical (unpaired) electrons. The van der Waals surface area contributed by atoms with Gasteiger partial charge in [0.05, 0.1) is 23.3 Å². The number of hydrogen-bond donors (Lipinski definition) is 1. The number of methoxy groups -OCH3 is 1. The van der Waals surface area contributed by atoms with Crippen molar-refractivity contribution in [2.45, 2.75) is 19.4 Å². The Bertz CT molecular complexity index is 398. The van der Waals surface area contributed by atoms with E-state index < -0.39 is 10.7 Å². The molecule has 5 nitrogen and oxygen atoms in total. The van der Waals surface area contributed by atoms with E-state index in [0.717, 1.165) is 12.5 Å². The summed E-state index contributed by atoms with van der Waals surface area (Å²) >= 11 is 0. The van der Waals surface area contributed by atoms with E-state index >= 15 is 0 Å². The molecule has 0 aromatic heterocycles. The molecule has 0 saturated carbocycles. The van der Waals surface area contributed by atoms with E-state index in [1.165, 1.54) is 12.1 Å². The summed E-state index contributed by atoms with van der Waals surface area (Å²) in [6, 6.07) is 3.52. The molecule has 1 N–H and O–H groups in total. The number of ether oxygens (including phenoxy) is 1. The molecule has 0 aliphatic rings. The fourth-order valence-corrected chi connectivity index (χ4v) is 1.42. The lowest BCUT2D eigenvalue weighted by Crippen LogP contribution is -2.24. The number of nitro groups is 1. The van der Waals surface area contributed by atoms with Gasteiger partial charge in [0.1, 0.15) is 0 Å². The van der Waals surface area contributed by atoms with Crippen LogP contribution in [0.15, 0.2) is 18.2 Å². The van der Waals surface area contributed by atoms with Crippen LogP contribution < -0.4 is 5.32 Å². The molecule has 17 heavy (non-hydrogen) atoms. The Hall–Kier alpha value is -1.69. The van der Waals surface area contributed by atoms with Gasteiger partial charge in [-0.1, -0.05) is 6.92 Å². The van der Waals surface area contributed by atoms with Crippen LogP contribution in [0, 0.1) is 15.9 Å². The van der Waals surface area contributed by atoms with Crippen LogP contribution in [0.2, 0.25) is 0 Å². The first-order valence-corrected chi connectivity index (χ1v) is 5.27. The summed E-state index contributed by atoms with van der Waals surface area (Å²) in [5, 5.41) is 13.4. The Kier molecular flexibility index (Phi) is 4.84. The van der Waals surface area contributed by atoms with Crippen LogP contribution >= 0.6 is 0 Å². The summed E-state index contributed by atoms with van der Waals surface area (Å²) in [6.45, 7) is 2.40. The Morgan fingerprint density at radius 3 is 2.76 bits per heavy atom. The Balaban J connectivity index is 2.81. The number of halogens is 1. The Morgan fingerprint density at radius 1 is 1.59 bits per heavy atom. The second-order valence-electron chi connectivity index (χ2n) is 3.63. The fraction of sp³-hybridized carbons (Fsp3) is 0.455. The molecule has 0 saturated heterocycles. The van der Waals surface area contributed by atoms with Crippen molar-refractivity contribution in [3.05, 3.63) is 34.1 Å². The number of rotatable bonds is 6. The zero-order chi connectivity index (χ0) is 12.8. The van der Waals surface area contributed by atoms with E-state index in [9.17, 15) is 14.5 Å². The zero-order valence-corrected chi connectivity index (χ0v) is 9.77. The van der Waals surface area contributed by atoms with E-state index in [-0.39, 0.29) is 17.4 Å². The first kappa shape index (κ1) is 13.4. The minimum absolute atomic E-state index is 0.0176. The number of hydrogen-bond acceptors (Lipinski definition) is 4. The molecule has 0 amide bonds. The quantitative estimate of drug-likeness (QED) is 0.615. The van der Waals surface area contributed by atoms with Crippen LogP contribution in [-0.2, 0) is 4.74 Å². The minimum Gasteiger partial charge on any atom is -0.383 e. The molecule has 0 fully saturated rings. The van der Waals surface area contributed by atoms with Crippen molar-refractivity contribution in [2.24, 2.45) is 0 Å². The first-order valence-electron chi connectivity index (χ1n) is 5.27. The molecular weight excluding hydrogens is 227 g/mol. The van der Waals surface area contributed by atoms with Crippen molar-refractivity contribution in [1.82, 2.24) is 0 Å². The smallest absolute Gasteiger partial charge is 0.272 e. The molecule has 1 atom stereocenters. The van der Waals surface area contributed by atoms with Crippen LogP contribution in [-0.4, -0.2) is 24.7 Å². The van der Waals surface area contributed by atoms with E-state index in [1.54, 1.807) is 7.11 Å². The summed E-state index contributed by atoms with van der Waals surface area (Å²) in [6.07, 6.45) is 0.768. The third-order valence-electron chi connectivity index (χ3n) is 2.38. The topological polar surface area (TPSA) is 64.4 Å². The van der Waals surface area contributed by atoms with Crippen LogP contribution in [0.4, 0.5) is 15.8 Å². The second kappa shape index (κ2) is 6.15. The van der Waals surface area contributed by atoms with Gasteiger partial charge >= 0.3 is 0 Å². The molecule has 94 valence electrons. The van der Waals surface area contributed by atoms with Crippen LogP contribution in [0.25, 0.3) is 0 Å². The third-order valence-corrected chi connectivity index (χ3v) is 2.38. The maximum Gasteiger partial charge on any atom is 0.272 e. The number of anilines is 1. The fourth-order valence-electron chi connectivity index (χ4n) is 1.42. The van der Waals surface area contributed by atoms with Crippen LogP contribution in [0.1, 0.15) is 13.3 Å². The third kappa shape index (κ3) is 3.67. The molecule has 1 unspecified atom stereocenters. The Morgan fingerprint density at radius 2 is 2.29 bits per heavy atom. The molecular formula is C11H15FN2O3. The van der Waals surface area contributed by atoms with Gasteiger partial charge in [-0.3, -0.25) is 10.1 Å². The van der Waals surface area contributed by atoms with Crippen molar-refractivity contribution in [1.29, 1.82) is 0 Å². The van der Waals surface area contributed by atoms with Crippen molar-refractivity contribution >= 4 is 11.4 Å². The van der Waals surface area contributed by atoms with Crippen molar-refractivity contribution in [2.75, 3.05) is 19.0 Å². The maximum absolute atomic E-state index is 13.5. The summed E-state index contributed by atoms with van der Waals surface area (Å²) in [5.41, 5.74) is -0.00709. The van der Waals surface area contributed by atoms with Gasteiger partial charge in [-0.15, -0.1) is 0 Å². The van der Waals surface area contributed by atoms with E-state index in [0.29, 0.717) is 6.61 Å². The lowest BCUT2D eigenvalue weighted by atomic mass is 10.2. The number of nitro benzene ring substituents is 1. The monoisotopic (exact) mass is 242 g/mol. The normalized spacial score (nSPS) is 12.2. The molecule has 1 aromatic carbocycles. The van der Waals surface area contributed by atoms with Gasteiger partial charge in [-0.05, 0) is 12.5 Å². The van der Waals surface area contributed by atoms with E-state index in [2.05, 4.69) is 5.32 Å². The van der Waals surface area contributed by atoms with Crippen molar-refractivity contribution in [3.63, 3.8) is 0 Å². The molecule has 0 bridgehead atoms. The minimum atomic E-state index is -0.631. The van der Waals surface area contributed by atoms with Gasteiger partial charge < -0.3 is 10.1 Å². The number of non-ortho nitro benzene ring substituents is 1. The van der Waals surface area contributed by atoms with Crippen molar-refractivity contribution in [3.8, 4) is 0 Å². The van der Waals surface area contributed by atoms with Gasteiger partial charge in [0, 0.05) is 19.2 Å². The largest absolute Gasteiger partial charge is 0.383 e. The van der Waals surface area contributed by atoms with Crippen LogP contribution in [0.3, 0.4) is 0 Å². The lowest BCUT2D eigenvalue weighted by Gasteiger charge is -2.17. The number of nitrogens with one attached hydrogen (secondary N) is 1. The van der Waals surface area contributed by atoms with Gasteiger partial charge in [0.2, 0.25) is 0 Å². The van der Waals surface area contributed by atoms with Crippen LogP contribution in [0.5, 0.6) is 0 Å². The highest BCUT2D eigenvalue weighted by atomic mass is 19.1. The van der Waals surface area contributed by atoms with Gasteiger partial charge in [-0.25, -0.2) is 4.39 Å². The van der Waals surface area contributed by atoms with E-state index in [1.807, 2.05) is 6.92 Å². The molecule has 0 heterocycles. The molecule has 0 spiro atoms. The SMILES string of the molecule is CCC(COC)Nc1ccc([N+](=O)[O-])cc1F. The average Bonchev–Trinajstić information content (AvgIpc) is 2.30. The standard InChI is InChI=1S/C11H15FN2O3/c1-3-8(7-17-2)13-11-5-4-9(14(15)16)6-10(11)12/h4-6,8,13H,3,7H2,1-2H3. The summed E-state index contributed by atoms with van der Waals surface area (Å²) in [7, 11) is 1.57. The molecule has 1 rings (SSSR count). The van der Waals surface area contributed by atoms with E-state index in [4.69, 9.17) is 4.74 Å². The molecule has 0 aliphatic carbocycles. The molecule has 6 heteroatoms. The summed E-state index contributed by atoms with van der Waals surface area (Å²) in [5.74, 6) is -0.631.